The van der Waals surface area contributed by atoms with Crippen LogP contribution < -0.4 is 0 Å². The Bertz CT molecular complexity index is 686. The molecule has 0 aliphatic heterocycles. The van der Waals surface area contributed by atoms with E-state index in [-0.39, 0.29) is 5.97 Å². The van der Waals surface area contributed by atoms with E-state index < -0.39 is 8.07 Å². The van der Waals surface area contributed by atoms with E-state index in [0.29, 0.717) is 12.2 Å². The Labute approximate surface area is 139 Å². The fourth-order valence-corrected chi connectivity index (χ4v) is 3.49. The Morgan fingerprint density at radius 2 is 1.74 bits per heavy atom. The lowest BCUT2D eigenvalue weighted by atomic mass is 10.00. The van der Waals surface area contributed by atoms with E-state index in [1.807, 2.05) is 43.5 Å². The smallest absolute Gasteiger partial charge is 0.338 e. The summed E-state index contributed by atoms with van der Waals surface area (Å²) in [5.74, 6) is -0.281. The molecule has 3 nitrogen and oxygen atoms in total. The van der Waals surface area contributed by atoms with E-state index >= 15 is 0 Å². The third kappa shape index (κ3) is 4.89. The average Bonchev–Trinajstić information content (AvgIpc) is 2.53. The highest BCUT2D eigenvalue weighted by Crippen LogP contribution is 2.26. The van der Waals surface area contributed by atoms with Gasteiger partial charge in [-0.15, -0.1) is 0 Å². The van der Waals surface area contributed by atoms with Crippen molar-refractivity contribution in [1.82, 2.24) is 4.98 Å². The van der Waals surface area contributed by atoms with Crippen LogP contribution >= 0.6 is 0 Å². The monoisotopic (exact) mass is 325 g/mol. The summed E-state index contributed by atoms with van der Waals surface area (Å²) in [5, 5.41) is 0. The zero-order valence-corrected chi connectivity index (χ0v) is 15.2. The first-order valence-electron chi connectivity index (χ1n) is 7.81. The van der Waals surface area contributed by atoms with Crippen LogP contribution in [0.4, 0.5) is 0 Å². The van der Waals surface area contributed by atoms with Gasteiger partial charge in [0.1, 0.15) is 0 Å². The first-order valence-corrected chi connectivity index (χ1v) is 11.4. The molecule has 4 heteroatoms. The number of hydrogen-bond donors (Lipinski definition) is 0. The molecular weight excluding hydrogens is 302 g/mol. The molecule has 0 radical (unpaired) electrons. The first kappa shape index (κ1) is 17.2. The molecule has 0 aliphatic carbocycles. The topological polar surface area (TPSA) is 39.2 Å². The van der Waals surface area contributed by atoms with Crippen molar-refractivity contribution in [3.8, 4) is 0 Å². The Hall–Kier alpha value is -2.20. The molecule has 0 fully saturated rings. The molecule has 0 aliphatic rings. The lowest BCUT2D eigenvalue weighted by Gasteiger charge is -2.16. The molecule has 2 rings (SSSR count). The summed E-state index contributed by atoms with van der Waals surface area (Å²) in [6, 6.07) is 11.6. The van der Waals surface area contributed by atoms with Crippen LogP contribution in [0, 0.1) is 0 Å². The molecular formula is C19H23NO2Si. The van der Waals surface area contributed by atoms with Crippen LogP contribution in [0.25, 0.3) is 5.57 Å². The number of ether oxygens (including phenoxy) is 1. The zero-order valence-electron chi connectivity index (χ0n) is 14.2. The van der Waals surface area contributed by atoms with Gasteiger partial charge in [0, 0.05) is 12.4 Å². The highest BCUT2D eigenvalue weighted by molar-refractivity contribution is 6.81. The largest absolute Gasteiger partial charge is 0.462 e. The van der Waals surface area contributed by atoms with E-state index in [9.17, 15) is 4.79 Å². The molecule has 0 saturated heterocycles. The van der Waals surface area contributed by atoms with Gasteiger partial charge in [0.2, 0.25) is 0 Å². The summed E-state index contributed by atoms with van der Waals surface area (Å²) in [5.41, 5.74) is 6.30. The van der Waals surface area contributed by atoms with Crippen LogP contribution in [0.5, 0.6) is 0 Å². The van der Waals surface area contributed by atoms with Gasteiger partial charge >= 0.3 is 5.97 Å². The number of rotatable bonds is 5. The number of hydrogen-bond acceptors (Lipinski definition) is 3. The van der Waals surface area contributed by atoms with Gasteiger partial charge in [0.15, 0.2) is 0 Å². The van der Waals surface area contributed by atoms with Crippen LogP contribution in [-0.4, -0.2) is 25.6 Å². The summed E-state index contributed by atoms with van der Waals surface area (Å²) >= 11 is 0. The Morgan fingerprint density at radius 1 is 1.09 bits per heavy atom. The maximum Gasteiger partial charge on any atom is 0.338 e. The van der Waals surface area contributed by atoms with Gasteiger partial charge in [-0.25, -0.2) is 4.79 Å². The minimum absolute atomic E-state index is 0.281. The third-order valence-electron chi connectivity index (χ3n) is 3.26. The SMILES string of the molecule is CCOC(=O)c1ccc(/C(=C/[Si](C)(C)C)c2cccnc2)cc1. The maximum atomic E-state index is 11.8. The van der Waals surface area contributed by atoms with Gasteiger partial charge in [0.25, 0.3) is 0 Å². The maximum absolute atomic E-state index is 11.8. The predicted molar refractivity (Wildman–Crippen MR) is 97.1 cm³/mol. The molecule has 1 heterocycles. The van der Waals surface area contributed by atoms with E-state index in [1.54, 1.807) is 6.20 Å². The lowest BCUT2D eigenvalue weighted by Crippen LogP contribution is -2.17. The van der Waals surface area contributed by atoms with Crippen molar-refractivity contribution in [1.29, 1.82) is 0 Å². The van der Waals surface area contributed by atoms with Crippen LogP contribution in [0.1, 0.15) is 28.4 Å². The standard InChI is InChI=1S/C19H23NO2Si/c1-5-22-19(21)16-10-8-15(9-11-16)18(14-23(2,3)4)17-7-6-12-20-13-17/h6-14H,5H2,1-4H3/b18-14-. The number of pyridine rings is 1. The summed E-state index contributed by atoms with van der Waals surface area (Å²) in [6.45, 7) is 9.10. The van der Waals surface area contributed by atoms with Crippen LogP contribution in [0.15, 0.2) is 54.5 Å². The van der Waals surface area contributed by atoms with Crippen LogP contribution in [-0.2, 0) is 4.74 Å². The second-order valence-corrected chi connectivity index (χ2v) is 11.5. The second kappa shape index (κ2) is 7.37. The Morgan fingerprint density at radius 3 is 2.26 bits per heavy atom. The fourth-order valence-electron chi connectivity index (χ4n) is 2.29. The summed E-state index contributed by atoms with van der Waals surface area (Å²) < 4.78 is 5.04. The molecule has 23 heavy (non-hydrogen) atoms. The summed E-state index contributed by atoms with van der Waals surface area (Å²) in [4.78, 5) is 16.0. The van der Waals surface area contributed by atoms with E-state index in [1.165, 1.54) is 5.57 Å². The third-order valence-corrected chi connectivity index (χ3v) is 4.41. The van der Waals surface area contributed by atoms with Crippen molar-refractivity contribution in [2.24, 2.45) is 0 Å². The number of benzene rings is 1. The van der Waals surface area contributed by atoms with Crippen molar-refractivity contribution in [2.45, 2.75) is 26.6 Å². The minimum Gasteiger partial charge on any atom is -0.462 e. The predicted octanol–water partition coefficient (Wildman–Crippen LogP) is 4.57. The highest BCUT2D eigenvalue weighted by Gasteiger charge is 2.15. The number of carbonyl (C=O) groups excluding carboxylic acids is 1. The molecule has 0 bridgehead atoms. The first-order chi connectivity index (χ1) is 10.9. The number of esters is 1. The molecule has 1 aromatic carbocycles. The molecule has 0 saturated carbocycles. The summed E-state index contributed by atoms with van der Waals surface area (Å²) in [6.07, 6.45) is 3.66. The van der Waals surface area contributed by atoms with Crippen molar-refractivity contribution in [2.75, 3.05) is 6.61 Å². The van der Waals surface area contributed by atoms with E-state index in [2.05, 4.69) is 36.4 Å². The Balaban J connectivity index is 2.41. The normalized spacial score (nSPS) is 12.1. The molecule has 1 aromatic heterocycles. The number of aromatic nitrogens is 1. The van der Waals surface area contributed by atoms with Gasteiger partial charge in [-0.05, 0) is 41.8 Å². The van der Waals surface area contributed by atoms with Crippen LogP contribution in [0.2, 0.25) is 19.6 Å². The molecule has 0 amide bonds. The number of nitrogens with zero attached hydrogens (tertiary/aromatic N) is 1. The molecule has 2 aromatic rings. The van der Waals surface area contributed by atoms with Gasteiger partial charge in [-0.2, -0.15) is 0 Å². The average molecular weight is 325 g/mol. The summed E-state index contributed by atoms with van der Waals surface area (Å²) in [7, 11) is -1.42. The van der Waals surface area contributed by atoms with Gasteiger partial charge in [-0.3, -0.25) is 4.98 Å². The van der Waals surface area contributed by atoms with Gasteiger partial charge in [-0.1, -0.05) is 43.5 Å². The fraction of sp³-hybridized carbons (Fsp3) is 0.263. The lowest BCUT2D eigenvalue weighted by molar-refractivity contribution is 0.0526. The van der Waals surface area contributed by atoms with Crippen LogP contribution in [0.3, 0.4) is 0 Å². The minimum atomic E-state index is -1.42. The Kier molecular flexibility index (Phi) is 5.50. The van der Waals surface area contributed by atoms with E-state index in [4.69, 9.17) is 4.74 Å². The van der Waals surface area contributed by atoms with Crippen molar-refractivity contribution < 1.29 is 9.53 Å². The number of carbonyl (C=O) groups is 1. The van der Waals surface area contributed by atoms with Crippen molar-refractivity contribution >= 4 is 19.6 Å². The quantitative estimate of drug-likeness (QED) is 0.597. The highest BCUT2D eigenvalue weighted by atomic mass is 28.3. The van der Waals surface area contributed by atoms with Crippen molar-refractivity contribution in [3.63, 3.8) is 0 Å². The van der Waals surface area contributed by atoms with Crippen molar-refractivity contribution in [3.05, 3.63) is 71.2 Å². The van der Waals surface area contributed by atoms with Gasteiger partial charge < -0.3 is 4.74 Å². The molecule has 0 atom stereocenters. The second-order valence-electron chi connectivity index (χ2n) is 6.46. The molecule has 120 valence electrons. The van der Waals surface area contributed by atoms with E-state index in [0.717, 1.165) is 11.1 Å². The molecule has 0 spiro atoms. The zero-order chi connectivity index (χ0) is 16.9. The van der Waals surface area contributed by atoms with Gasteiger partial charge in [0.05, 0.1) is 20.2 Å². The molecule has 0 unspecified atom stereocenters. The molecule has 0 N–H and O–H groups in total.